The van der Waals surface area contributed by atoms with Gasteiger partial charge >= 0.3 is 0 Å². The Hall–Kier alpha value is -4.91. The number of benzene rings is 3. The van der Waals surface area contributed by atoms with Crippen LogP contribution in [0.15, 0.2) is 67.0 Å². The van der Waals surface area contributed by atoms with Crippen molar-refractivity contribution in [1.82, 2.24) is 14.8 Å². The molecule has 0 saturated carbocycles. The van der Waals surface area contributed by atoms with Crippen molar-refractivity contribution in [3.05, 3.63) is 111 Å². The molecule has 2 heterocycles. The average molecular weight is 683 g/mol. The van der Waals surface area contributed by atoms with Crippen LogP contribution in [-0.2, 0) is 24.6 Å². The number of pyridine rings is 1. The highest BCUT2D eigenvalue weighted by Gasteiger charge is 2.20. The Morgan fingerprint density at radius 1 is 0.959 bits per heavy atom. The fourth-order valence-corrected chi connectivity index (χ4v) is 6.28. The molecule has 1 N–H and O–H groups in total. The summed E-state index contributed by atoms with van der Waals surface area (Å²) >= 11 is 6.81. The standard InChI is InChI=1S/C38H41ClN4O3.CH2O2/c1-5-43(6-2)38(44)34-14-10-13-33(27(34)4)32-12-9-11-30(26(32)3)25-46-37-19-36(45-24-29-17-28(20-40)21-41-22-29)31(18-35(37)39)23-42-15-7-8-16-42;2-1-3/h9-14,17-19,21-22H,5-8,15-16,23-25H2,1-4H3;1H,(H,2,3). The summed E-state index contributed by atoms with van der Waals surface area (Å²) in [7, 11) is 0. The van der Waals surface area contributed by atoms with Gasteiger partial charge in [0.05, 0.1) is 10.6 Å². The molecule has 0 bridgehead atoms. The molecule has 256 valence electrons. The smallest absolute Gasteiger partial charge is 0.290 e. The molecule has 9 nitrogen and oxygen atoms in total. The monoisotopic (exact) mass is 682 g/mol. The van der Waals surface area contributed by atoms with E-state index < -0.39 is 0 Å². The fourth-order valence-electron chi connectivity index (χ4n) is 6.04. The van der Waals surface area contributed by atoms with Crippen LogP contribution in [0, 0.1) is 25.2 Å². The van der Waals surface area contributed by atoms with Gasteiger partial charge in [0.15, 0.2) is 0 Å². The van der Waals surface area contributed by atoms with Crippen molar-refractivity contribution in [3.8, 4) is 28.7 Å². The summed E-state index contributed by atoms with van der Waals surface area (Å²) in [5.41, 5.74) is 8.21. The molecule has 1 aliphatic rings. The Labute approximate surface area is 293 Å². The fraction of sp³-hybridized carbons (Fsp3) is 0.333. The highest BCUT2D eigenvalue weighted by atomic mass is 35.5. The molecule has 4 aromatic rings. The predicted octanol–water partition coefficient (Wildman–Crippen LogP) is 7.83. The molecule has 0 spiro atoms. The predicted molar refractivity (Wildman–Crippen MR) is 191 cm³/mol. The number of rotatable bonds is 12. The molecule has 49 heavy (non-hydrogen) atoms. The summed E-state index contributed by atoms with van der Waals surface area (Å²) in [6.45, 7) is 12.6. The molecule has 5 rings (SSSR count). The molecular weight excluding hydrogens is 640 g/mol. The summed E-state index contributed by atoms with van der Waals surface area (Å²) in [5, 5.41) is 16.7. The molecule has 1 aromatic heterocycles. The van der Waals surface area contributed by atoms with E-state index >= 15 is 0 Å². The van der Waals surface area contributed by atoms with Gasteiger partial charge in [-0.1, -0.05) is 41.9 Å². The van der Waals surface area contributed by atoms with Crippen LogP contribution in [0.5, 0.6) is 11.5 Å². The number of carbonyl (C=O) groups is 2. The quantitative estimate of drug-likeness (QED) is 0.150. The maximum atomic E-state index is 13.2. The number of carbonyl (C=O) groups excluding carboxylic acids is 1. The van der Waals surface area contributed by atoms with Gasteiger partial charge in [0.1, 0.15) is 30.8 Å². The molecule has 1 fully saturated rings. The Kier molecular flexibility index (Phi) is 13.6. The van der Waals surface area contributed by atoms with Gasteiger partial charge in [-0.3, -0.25) is 19.5 Å². The van der Waals surface area contributed by atoms with E-state index in [0.717, 1.165) is 64.1 Å². The van der Waals surface area contributed by atoms with Crippen molar-refractivity contribution < 1.29 is 24.2 Å². The molecule has 0 unspecified atom stereocenters. The van der Waals surface area contributed by atoms with Gasteiger partial charge in [0.25, 0.3) is 12.4 Å². The third-order valence-corrected chi connectivity index (χ3v) is 9.06. The molecule has 0 aliphatic carbocycles. The number of halogens is 1. The SMILES string of the molecule is CCN(CC)C(=O)c1cccc(-c2cccc(COc3cc(OCc4cncc(C#N)c4)c(CN4CCCC4)cc3Cl)c2C)c1C.O=CO. The first kappa shape index (κ1) is 36.9. The van der Waals surface area contributed by atoms with Crippen molar-refractivity contribution in [2.75, 3.05) is 26.2 Å². The van der Waals surface area contributed by atoms with Gasteiger partial charge in [-0.2, -0.15) is 5.26 Å². The Morgan fingerprint density at radius 2 is 1.61 bits per heavy atom. The minimum atomic E-state index is -0.250. The topological polar surface area (TPSA) is 116 Å². The summed E-state index contributed by atoms with van der Waals surface area (Å²) in [6, 6.07) is 19.9. The van der Waals surface area contributed by atoms with Crippen molar-refractivity contribution in [3.63, 3.8) is 0 Å². The third kappa shape index (κ3) is 9.38. The molecular formula is C39H43ClN4O5. The number of aromatic nitrogens is 1. The van der Waals surface area contributed by atoms with Gasteiger partial charge in [0, 0.05) is 54.8 Å². The van der Waals surface area contributed by atoms with E-state index in [1.807, 2.05) is 56.0 Å². The molecule has 1 aliphatic heterocycles. The molecule has 1 saturated heterocycles. The molecule has 10 heteroatoms. The van der Waals surface area contributed by atoms with Crippen LogP contribution in [0.4, 0.5) is 0 Å². The molecule has 0 radical (unpaired) electrons. The van der Waals surface area contributed by atoms with E-state index in [1.165, 1.54) is 19.0 Å². The zero-order valence-corrected chi connectivity index (χ0v) is 29.3. The van der Waals surface area contributed by atoms with Gasteiger partial charge in [-0.15, -0.1) is 0 Å². The summed E-state index contributed by atoms with van der Waals surface area (Å²) in [6.07, 6.45) is 5.62. The van der Waals surface area contributed by atoms with Crippen LogP contribution in [-0.4, -0.2) is 58.4 Å². The number of hydrogen-bond donors (Lipinski definition) is 1. The van der Waals surface area contributed by atoms with E-state index in [-0.39, 0.29) is 19.0 Å². The number of hydrogen-bond acceptors (Lipinski definition) is 7. The number of amides is 1. The van der Waals surface area contributed by atoms with Crippen molar-refractivity contribution in [1.29, 1.82) is 5.26 Å². The second-order valence-corrected chi connectivity index (χ2v) is 12.2. The van der Waals surface area contributed by atoms with Gasteiger partial charge in [-0.05, 0) is 99.6 Å². The highest BCUT2D eigenvalue weighted by molar-refractivity contribution is 6.32. The lowest BCUT2D eigenvalue weighted by Crippen LogP contribution is -2.31. The number of likely N-dealkylation sites (tertiary alicyclic amines) is 1. The number of nitrogens with zero attached hydrogens (tertiary/aromatic N) is 4. The summed E-state index contributed by atoms with van der Waals surface area (Å²) < 4.78 is 12.7. The van der Waals surface area contributed by atoms with Crippen molar-refractivity contribution in [2.24, 2.45) is 0 Å². The largest absolute Gasteiger partial charge is 0.488 e. The van der Waals surface area contributed by atoms with Crippen molar-refractivity contribution >= 4 is 24.0 Å². The maximum absolute atomic E-state index is 13.2. The summed E-state index contributed by atoms with van der Waals surface area (Å²) in [5.74, 6) is 1.29. The van der Waals surface area contributed by atoms with E-state index in [4.69, 9.17) is 31.0 Å². The second kappa shape index (κ2) is 18.0. The maximum Gasteiger partial charge on any atom is 0.290 e. The number of carboxylic acid groups (broad SMARTS) is 1. The normalized spacial score (nSPS) is 12.4. The van der Waals surface area contributed by atoms with E-state index in [9.17, 15) is 10.1 Å². The minimum Gasteiger partial charge on any atom is -0.488 e. The first-order valence-electron chi connectivity index (χ1n) is 16.4. The lowest BCUT2D eigenvalue weighted by atomic mass is 9.91. The lowest BCUT2D eigenvalue weighted by molar-refractivity contribution is -0.122. The first-order valence-corrected chi connectivity index (χ1v) is 16.8. The lowest BCUT2D eigenvalue weighted by Gasteiger charge is -2.22. The van der Waals surface area contributed by atoms with Crippen molar-refractivity contribution in [2.45, 2.75) is 60.3 Å². The van der Waals surface area contributed by atoms with Gasteiger partial charge < -0.3 is 19.5 Å². The van der Waals surface area contributed by atoms with E-state index in [2.05, 4.69) is 41.1 Å². The van der Waals surface area contributed by atoms with Crippen LogP contribution < -0.4 is 9.47 Å². The number of ether oxygens (including phenoxy) is 2. The van der Waals surface area contributed by atoms with Gasteiger partial charge in [0.2, 0.25) is 0 Å². The van der Waals surface area contributed by atoms with E-state index in [0.29, 0.717) is 41.8 Å². The van der Waals surface area contributed by atoms with Gasteiger partial charge in [-0.25, -0.2) is 0 Å². The number of nitriles is 1. The molecule has 1 amide bonds. The Balaban J connectivity index is 0.00000174. The Morgan fingerprint density at radius 3 is 2.29 bits per heavy atom. The van der Waals surface area contributed by atoms with E-state index in [1.54, 1.807) is 12.3 Å². The van der Waals surface area contributed by atoms with Crippen LogP contribution in [0.25, 0.3) is 11.1 Å². The average Bonchev–Trinajstić information content (AvgIpc) is 3.62. The Bertz CT molecular complexity index is 1800. The molecule has 0 atom stereocenters. The van der Waals surface area contributed by atoms with Crippen LogP contribution >= 0.6 is 11.6 Å². The zero-order chi connectivity index (χ0) is 35.3. The summed E-state index contributed by atoms with van der Waals surface area (Å²) in [4.78, 5) is 30.0. The first-order chi connectivity index (χ1) is 23.7. The van der Waals surface area contributed by atoms with Crippen LogP contribution in [0.2, 0.25) is 5.02 Å². The highest BCUT2D eigenvalue weighted by Crippen LogP contribution is 2.36. The zero-order valence-electron chi connectivity index (χ0n) is 28.5. The minimum absolute atomic E-state index is 0.0522. The van der Waals surface area contributed by atoms with Crippen LogP contribution in [0.3, 0.4) is 0 Å². The van der Waals surface area contributed by atoms with Crippen LogP contribution in [0.1, 0.15) is 70.4 Å². The molecule has 3 aromatic carbocycles. The third-order valence-electron chi connectivity index (χ3n) is 8.76. The second-order valence-electron chi connectivity index (χ2n) is 11.8.